The van der Waals surface area contributed by atoms with Crippen LogP contribution in [0.5, 0.6) is 11.5 Å². The minimum atomic E-state index is -1.47. The van der Waals surface area contributed by atoms with Crippen LogP contribution in [0.3, 0.4) is 0 Å². The van der Waals surface area contributed by atoms with Crippen LogP contribution >= 0.6 is 11.6 Å². The number of hydrogen-bond acceptors (Lipinski definition) is 7. The van der Waals surface area contributed by atoms with Crippen molar-refractivity contribution in [2.75, 3.05) is 16.9 Å². The summed E-state index contributed by atoms with van der Waals surface area (Å²) in [5.74, 6) is -5.40. The number of Topliss-reactive ketones (excluding diaryl/α,β-unsaturated/α-hetero) is 1. The quantitative estimate of drug-likeness (QED) is 0.136. The zero-order chi connectivity index (χ0) is 35.8. The lowest BCUT2D eigenvalue weighted by Gasteiger charge is -2.50. The topological polar surface area (TPSA) is 121 Å². The predicted octanol–water partition coefficient (Wildman–Crippen LogP) is 6.62. The number of aromatic hydroxyl groups is 1. The van der Waals surface area contributed by atoms with E-state index >= 15 is 4.79 Å². The number of anilines is 2. The largest absolute Gasteiger partial charge is 0.504 e. The lowest BCUT2D eigenvalue weighted by Crippen LogP contribution is -2.53. The molecule has 10 heteroatoms. The maximum Gasteiger partial charge on any atom is 0.246 e. The van der Waals surface area contributed by atoms with Crippen LogP contribution in [0.2, 0.25) is 5.02 Å². The van der Waals surface area contributed by atoms with Gasteiger partial charge in [-0.3, -0.25) is 28.9 Å². The molecule has 4 aromatic carbocycles. The Kier molecular flexibility index (Phi) is 7.72. The molecular formula is C41H33ClN2O7. The molecule has 0 spiro atoms. The molecule has 4 amide bonds. The SMILES string of the molecule is COc1ccc(C2C3=CCC4C(=O)N(c5ccc(C(C)=O)cc5)C(=O)C4C3CC3C(=O)N(c4cccc(Cl)c4)C(=O)C32c2ccccc2)cc1O. The lowest BCUT2D eigenvalue weighted by atomic mass is 9.49. The molecule has 4 aliphatic rings. The van der Waals surface area contributed by atoms with Gasteiger partial charge in [-0.1, -0.05) is 65.7 Å². The van der Waals surface area contributed by atoms with E-state index in [-0.39, 0.29) is 41.9 Å². The smallest absolute Gasteiger partial charge is 0.246 e. The van der Waals surface area contributed by atoms with E-state index in [1.165, 1.54) is 23.8 Å². The Morgan fingerprint density at radius 2 is 1.57 bits per heavy atom. The second-order valence-corrected chi connectivity index (χ2v) is 14.1. The van der Waals surface area contributed by atoms with Crippen molar-refractivity contribution in [3.63, 3.8) is 0 Å². The third-order valence-electron chi connectivity index (χ3n) is 11.2. The lowest BCUT2D eigenvalue weighted by molar-refractivity contribution is -0.127. The highest BCUT2D eigenvalue weighted by molar-refractivity contribution is 6.32. The Labute approximate surface area is 299 Å². The number of ketones is 1. The van der Waals surface area contributed by atoms with E-state index in [4.69, 9.17) is 16.3 Å². The van der Waals surface area contributed by atoms with Crippen molar-refractivity contribution in [2.45, 2.75) is 31.1 Å². The molecule has 3 fully saturated rings. The van der Waals surface area contributed by atoms with Gasteiger partial charge in [0.2, 0.25) is 23.6 Å². The first-order valence-electron chi connectivity index (χ1n) is 16.8. The number of benzene rings is 4. The van der Waals surface area contributed by atoms with Gasteiger partial charge in [-0.15, -0.1) is 0 Å². The number of imide groups is 2. The van der Waals surface area contributed by atoms with Gasteiger partial charge in [0.15, 0.2) is 17.3 Å². The van der Waals surface area contributed by atoms with E-state index in [1.807, 2.05) is 36.4 Å². The second-order valence-electron chi connectivity index (χ2n) is 13.6. The number of carbonyl (C=O) groups excluding carboxylic acids is 5. The van der Waals surface area contributed by atoms with E-state index in [2.05, 4.69) is 0 Å². The van der Waals surface area contributed by atoms with E-state index in [0.717, 1.165) is 5.57 Å². The first kappa shape index (κ1) is 32.7. The third kappa shape index (κ3) is 4.71. The molecule has 0 bridgehead atoms. The summed E-state index contributed by atoms with van der Waals surface area (Å²) in [6, 6.07) is 27.2. The molecule has 0 aromatic heterocycles. The normalized spacial score (nSPS) is 26.8. The Hall–Kier alpha value is -5.54. The van der Waals surface area contributed by atoms with Crippen LogP contribution in [0.4, 0.5) is 11.4 Å². The zero-order valence-corrected chi connectivity index (χ0v) is 28.5. The Morgan fingerprint density at radius 1 is 0.824 bits per heavy atom. The van der Waals surface area contributed by atoms with Crippen LogP contribution in [0.1, 0.15) is 47.2 Å². The summed E-state index contributed by atoms with van der Waals surface area (Å²) in [5.41, 5.74) is 1.66. The molecule has 9 nitrogen and oxygen atoms in total. The van der Waals surface area contributed by atoms with E-state index in [0.29, 0.717) is 33.1 Å². The molecule has 2 heterocycles. The summed E-state index contributed by atoms with van der Waals surface area (Å²) < 4.78 is 5.36. The molecule has 2 aliphatic heterocycles. The summed E-state index contributed by atoms with van der Waals surface area (Å²) in [7, 11) is 1.45. The first-order valence-corrected chi connectivity index (χ1v) is 17.2. The van der Waals surface area contributed by atoms with Crippen molar-refractivity contribution in [1.29, 1.82) is 0 Å². The van der Waals surface area contributed by atoms with Crippen LogP contribution in [-0.2, 0) is 24.6 Å². The molecule has 2 aliphatic carbocycles. The summed E-state index contributed by atoms with van der Waals surface area (Å²) in [6.45, 7) is 1.45. The number of ether oxygens (including phenoxy) is 1. The number of amides is 4. The van der Waals surface area contributed by atoms with Crippen molar-refractivity contribution < 1.29 is 33.8 Å². The average molecular weight is 701 g/mol. The molecule has 256 valence electrons. The predicted molar refractivity (Wildman–Crippen MR) is 190 cm³/mol. The number of carbonyl (C=O) groups is 5. The molecular weight excluding hydrogens is 668 g/mol. The fraction of sp³-hybridized carbons (Fsp3) is 0.244. The summed E-state index contributed by atoms with van der Waals surface area (Å²) in [5, 5.41) is 11.4. The van der Waals surface area contributed by atoms with Crippen LogP contribution in [0, 0.1) is 23.7 Å². The van der Waals surface area contributed by atoms with Crippen LogP contribution in [0.15, 0.2) is 109 Å². The van der Waals surface area contributed by atoms with E-state index < -0.39 is 46.8 Å². The third-order valence-corrected chi connectivity index (χ3v) is 11.5. The Morgan fingerprint density at radius 3 is 2.24 bits per heavy atom. The molecule has 8 rings (SSSR count). The van der Waals surface area contributed by atoms with Gasteiger partial charge in [0.1, 0.15) is 0 Å². The van der Waals surface area contributed by atoms with Gasteiger partial charge in [-0.05, 0) is 91.4 Å². The molecule has 6 unspecified atom stereocenters. The highest BCUT2D eigenvalue weighted by atomic mass is 35.5. The van der Waals surface area contributed by atoms with Crippen LogP contribution < -0.4 is 14.5 Å². The van der Waals surface area contributed by atoms with Gasteiger partial charge in [-0.25, -0.2) is 4.90 Å². The second kappa shape index (κ2) is 12.1. The summed E-state index contributed by atoms with van der Waals surface area (Å²) in [6.07, 6.45) is 2.35. The number of rotatable bonds is 6. The number of halogens is 1. The van der Waals surface area contributed by atoms with Crippen molar-refractivity contribution in [2.24, 2.45) is 23.7 Å². The number of hydrogen-bond donors (Lipinski definition) is 1. The number of allylic oxidation sites excluding steroid dienone is 2. The van der Waals surface area contributed by atoms with Gasteiger partial charge in [0.25, 0.3) is 0 Å². The fourth-order valence-corrected chi connectivity index (χ4v) is 9.29. The van der Waals surface area contributed by atoms with Crippen molar-refractivity contribution in [3.05, 3.63) is 130 Å². The summed E-state index contributed by atoms with van der Waals surface area (Å²) in [4.78, 5) is 73.0. The number of fused-ring (bicyclic) bond motifs is 4. The Balaban J connectivity index is 1.33. The van der Waals surface area contributed by atoms with Crippen LogP contribution in [-0.4, -0.2) is 41.6 Å². The molecule has 0 radical (unpaired) electrons. The molecule has 2 saturated heterocycles. The highest BCUT2D eigenvalue weighted by Crippen LogP contribution is 2.64. The van der Waals surface area contributed by atoms with Gasteiger partial charge in [0, 0.05) is 16.5 Å². The van der Waals surface area contributed by atoms with Crippen molar-refractivity contribution >= 4 is 52.4 Å². The number of phenols is 1. The van der Waals surface area contributed by atoms with Crippen molar-refractivity contribution in [3.8, 4) is 11.5 Å². The Bertz CT molecular complexity index is 2180. The van der Waals surface area contributed by atoms with E-state index in [9.17, 15) is 24.3 Å². The maximum atomic E-state index is 15.3. The minimum absolute atomic E-state index is 0.134. The van der Waals surface area contributed by atoms with E-state index in [1.54, 1.807) is 66.7 Å². The molecule has 51 heavy (non-hydrogen) atoms. The van der Waals surface area contributed by atoms with Gasteiger partial charge in [-0.2, -0.15) is 0 Å². The number of nitrogens with zero attached hydrogens (tertiary/aromatic N) is 2. The molecule has 4 aromatic rings. The van der Waals surface area contributed by atoms with Gasteiger partial charge >= 0.3 is 0 Å². The highest BCUT2D eigenvalue weighted by Gasteiger charge is 2.70. The van der Waals surface area contributed by atoms with Gasteiger partial charge < -0.3 is 9.84 Å². The summed E-state index contributed by atoms with van der Waals surface area (Å²) >= 11 is 6.38. The van der Waals surface area contributed by atoms with Gasteiger partial charge in [0.05, 0.1) is 41.7 Å². The fourth-order valence-electron chi connectivity index (χ4n) is 9.11. The zero-order valence-electron chi connectivity index (χ0n) is 27.8. The number of methoxy groups -OCH3 is 1. The monoisotopic (exact) mass is 700 g/mol. The van der Waals surface area contributed by atoms with Crippen molar-refractivity contribution in [1.82, 2.24) is 0 Å². The molecule has 6 atom stereocenters. The average Bonchev–Trinajstić information content (AvgIpc) is 3.52. The molecule has 1 N–H and O–H groups in total. The minimum Gasteiger partial charge on any atom is -0.504 e. The van der Waals surface area contributed by atoms with Crippen LogP contribution in [0.25, 0.3) is 0 Å². The standard InChI is InChI=1S/C41H33ClN2O7/c1-22(45)23-11-14-27(15-12-23)43-37(47)30-17-16-29-31(35(30)39(43)49)21-32-38(48)44(28-10-6-9-26(42)20-28)40(50)41(32,25-7-4-3-5-8-25)36(29)24-13-18-34(51-2)33(46)19-24/h3-16,18-20,30-32,35-36,46H,17,21H2,1-2H3. The first-order chi connectivity index (χ1) is 24.6. The maximum absolute atomic E-state index is 15.3. The molecule has 1 saturated carbocycles. The number of phenolic OH excluding ortho intramolecular Hbond substituents is 1.